The molecule has 0 spiro atoms. The van der Waals surface area contributed by atoms with Crippen molar-refractivity contribution in [1.29, 1.82) is 0 Å². The molecule has 0 fully saturated rings. The minimum absolute atomic E-state index is 0.0164. The zero-order chi connectivity index (χ0) is 19.2. The van der Waals surface area contributed by atoms with Gasteiger partial charge in [-0.25, -0.2) is 0 Å². The highest BCUT2D eigenvalue weighted by atomic mass is 35.5. The second-order valence-electron chi connectivity index (χ2n) is 6.83. The molecule has 1 aromatic carbocycles. The number of nitro groups is 1. The first-order valence-corrected chi connectivity index (χ1v) is 8.30. The molecule has 1 rings (SSSR count). The summed E-state index contributed by atoms with van der Waals surface area (Å²) in [5.74, 6) is -0.133. The standard InChI is InChI=1S/C17H24ClN3O4/c1-12(22)10-17(2,3)19-16(23)7-8-20(4)11-13-9-14(21(24)25)5-6-15(13)18/h5-6,9H,7-8,10-11H2,1-4H3,(H,19,23). The maximum absolute atomic E-state index is 12.0. The van der Waals surface area contributed by atoms with Gasteiger partial charge in [0.15, 0.2) is 0 Å². The number of Topliss-reactive ketones (excluding diaryl/α,β-unsaturated/α-hetero) is 1. The monoisotopic (exact) mass is 369 g/mol. The van der Waals surface area contributed by atoms with Gasteiger partial charge in [0, 0.05) is 48.6 Å². The maximum atomic E-state index is 12.0. The Labute approximate surface area is 152 Å². The predicted octanol–water partition coefficient (Wildman–Crippen LogP) is 2.94. The van der Waals surface area contributed by atoms with Crippen molar-refractivity contribution in [3.05, 3.63) is 38.9 Å². The van der Waals surface area contributed by atoms with Gasteiger partial charge in [0.05, 0.1) is 4.92 Å². The molecule has 8 heteroatoms. The van der Waals surface area contributed by atoms with Crippen molar-refractivity contribution in [2.45, 2.75) is 45.7 Å². The summed E-state index contributed by atoms with van der Waals surface area (Å²) in [6.45, 7) is 5.95. The van der Waals surface area contributed by atoms with Crippen LogP contribution in [0.15, 0.2) is 18.2 Å². The highest BCUT2D eigenvalue weighted by Crippen LogP contribution is 2.23. The van der Waals surface area contributed by atoms with Gasteiger partial charge in [-0.1, -0.05) is 11.6 Å². The van der Waals surface area contributed by atoms with Crippen molar-refractivity contribution in [2.75, 3.05) is 13.6 Å². The SMILES string of the molecule is CC(=O)CC(C)(C)NC(=O)CCN(C)Cc1cc([N+](=O)[O-])ccc1Cl. The van der Waals surface area contributed by atoms with Crippen LogP contribution >= 0.6 is 11.6 Å². The van der Waals surface area contributed by atoms with Crippen LogP contribution in [-0.2, 0) is 16.1 Å². The van der Waals surface area contributed by atoms with Gasteiger partial charge < -0.3 is 10.2 Å². The molecule has 1 N–H and O–H groups in total. The zero-order valence-corrected chi connectivity index (χ0v) is 15.7. The van der Waals surface area contributed by atoms with Crippen molar-refractivity contribution < 1.29 is 14.5 Å². The third-order valence-corrected chi connectivity index (χ3v) is 3.94. The first-order chi connectivity index (χ1) is 11.5. The van der Waals surface area contributed by atoms with Gasteiger partial charge in [-0.05, 0) is 39.4 Å². The fraction of sp³-hybridized carbons (Fsp3) is 0.529. The smallest absolute Gasteiger partial charge is 0.269 e. The fourth-order valence-electron chi connectivity index (χ4n) is 2.56. The van der Waals surface area contributed by atoms with Crippen LogP contribution in [0.1, 0.15) is 39.2 Å². The number of nitrogens with one attached hydrogen (secondary N) is 1. The lowest BCUT2D eigenvalue weighted by atomic mass is 9.98. The van der Waals surface area contributed by atoms with Gasteiger partial charge >= 0.3 is 0 Å². The lowest BCUT2D eigenvalue weighted by molar-refractivity contribution is -0.384. The van der Waals surface area contributed by atoms with E-state index < -0.39 is 10.5 Å². The third-order valence-electron chi connectivity index (χ3n) is 3.57. The summed E-state index contributed by atoms with van der Waals surface area (Å²) in [5.41, 5.74) is 0.0393. The van der Waals surface area contributed by atoms with Gasteiger partial charge in [0.2, 0.25) is 5.91 Å². The Hall–Kier alpha value is -1.99. The second-order valence-corrected chi connectivity index (χ2v) is 7.24. The number of non-ortho nitro benzene ring substituents is 1. The average Bonchev–Trinajstić information content (AvgIpc) is 2.45. The topological polar surface area (TPSA) is 92.6 Å². The van der Waals surface area contributed by atoms with Gasteiger partial charge in [-0.3, -0.25) is 19.7 Å². The van der Waals surface area contributed by atoms with Gasteiger partial charge in [0.1, 0.15) is 5.78 Å². The van der Waals surface area contributed by atoms with E-state index in [4.69, 9.17) is 11.6 Å². The Balaban J connectivity index is 2.56. The van der Waals surface area contributed by atoms with Crippen molar-refractivity contribution in [3.63, 3.8) is 0 Å². The molecule has 138 valence electrons. The molecule has 0 atom stereocenters. The number of carbonyl (C=O) groups is 2. The van der Waals surface area contributed by atoms with Crippen LogP contribution < -0.4 is 5.32 Å². The average molecular weight is 370 g/mol. The molecule has 0 bridgehead atoms. The quantitative estimate of drug-likeness (QED) is 0.533. The number of hydrogen-bond donors (Lipinski definition) is 1. The highest BCUT2D eigenvalue weighted by molar-refractivity contribution is 6.31. The number of nitrogens with zero attached hydrogens (tertiary/aromatic N) is 2. The van der Waals surface area contributed by atoms with E-state index in [2.05, 4.69) is 5.32 Å². The molecule has 0 aliphatic rings. The summed E-state index contributed by atoms with van der Waals surface area (Å²) in [7, 11) is 1.81. The lowest BCUT2D eigenvalue weighted by Crippen LogP contribution is -2.45. The predicted molar refractivity (Wildman–Crippen MR) is 96.6 cm³/mol. The van der Waals surface area contributed by atoms with Crippen molar-refractivity contribution >= 4 is 29.0 Å². The van der Waals surface area contributed by atoms with E-state index in [0.717, 1.165) is 0 Å². The maximum Gasteiger partial charge on any atom is 0.269 e. The number of amides is 1. The Bertz CT molecular complexity index is 661. The van der Waals surface area contributed by atoms with E-state index in [-0.39, 0.29) is 30.2 Å². The Morgan fingerprint density at radius 3 is 2.56 bits per heavy atom. The molecule has 0 saturated carbocycles. The molecule has 0 heterocycles. The molecular weight excluding hydrogens is 346 g/mol. The molecule has 7 nitrogen and oxygen atoms in total. The van der Waals surface area contributed by atoms with Crippen LogP contribution in [0.2, 0.25) is 5.02 Å². The van der Waals surface area contributed by atoms with Gasteiger partial charge in [-0.2, -0.15) is 0 Å². The van der Waals surface area contributed by atoms with Crippen LogP contribution in [0, 0.1) is 10.1 Å². The second kappa shape index (κ2) is 8.92. The largest absolute Gasteiger partial charge is 0.351 e. The molecule has 0 saturated heterocycles. The van der Waals surface area contributed by atoms with E-state index in [1.165, 1.54) is 25.1 Å². The van der Waals surface area contributed by atoms with Crippen LogP contribution in [-0.4, -0.2) is 40.6 Å². The molecule has 1 amide bonds. The van der Waals surface area contributed by atoms with E-state index >= 15 is 0 Å². The first-order valence-electron chi connectivity index (χ1n) is 7.92. The summed E-state index contributed by atoms with van der Waals surface area (Å²) in [6, 6.07) is 4.30. The van der Waals surface area contributed by atoms with Crippen molar-refractivity contribution in [3.8, 4) is 0 Å². The summed E-state index contributed by atoms with van der Waals surface area (Å²) >= 11 is 6.08. The zero-order valence-electron chi connectivity index (χ0n) is 15.0. The fourth-order valence-corrected chi connectivity index (χ4v) is 2.74. The van der Waals surface area contributed by atoms with Crippen molar-refractivity contribution in [1.82, 2.24) is 10.2 Å². The summed E-state index contributed by atoms with van der Waals surface area (Å²) in [5, 5.41) is 14.1. The molecule has 1 aromatic rings. The van der Waals surface area contributed by atoms with E-state index in [1.807, 2.05) is 11.9 Å². The van der Waals surface area contributed by atoms with Crippen LogP contribution in [0.4, 0.5) is 5.69 Å². The molecule has 0 aliphatic carbocycles. The number of benzene rings is 1. The number of nitro benzene ring substituents is 1. The molecule has 0 unspecified atom stereocenters. The lowest BCUT2D eigenvalue weighted by Gasteiger charge is -2.25. The molecule has 0 aromatic heterocycles. The Kier molecular flexibility index (Phi) is 7.51. The Morgan fingerprint density at radius 1 is 1.36 bits per heavy atom. The summed E-state index contributed by atoms with van der Waals surface area (Å²) in [4.78, 5) is 35.5. The van der Waals surface area contributed by atoms with Crippen molar-refractivity contribution in [2.24, 2.45) is 0 Å². The minimum Gasteiger partial charge on any atom is -0.351 e. The first kappa shape index (κ1) is 21.1. The third kappa shape index (κ3) is 7.62. The Morgan fingerprint density at radius 2 is 2.00 bits per heavy atom. The number of halogens is 1. The number of hydrogen-bond acceptors (Lipinski definition) is 5. The summed E-state index contributed by atoms with van der Waals surface area (Å²) < 4.78 is 0. The van der Waals surface area contributed by atoms with Crippen LogP contribution in [0.3, 0.4) is 0 Å². The molecule has 0 aliphatic heterocycles. The van der Waals surface area contributed by atoms with Crippen LogP contribution in [0.5, 0.6) is 0 Å². The molecule has 0 radical (unpaired) electrons. The summed E-state index contributed by atoms with van der Waals surface area (Å²) in [6.07, 6.45) is 0.530. The van der Waals surface area contributed by atoms with Crippen LogP contribution in [0.25, 0.3) is 0 Å². The van der Waals surface area contributed by atoms with Gasteiger partial charge in [-0.15, -0.1) is 0 Å². The van der Waals surface area contributed by atoms with E-state index in [1.54, 1.807) is 13.8 Å². The number of ketones is 1. The van der Waals surface area contributed by atoms with E-state index in [9.17, 15) is 19.7 Å². The number of carbonyl (C=O) groups excluding carboxylic acids is 2. The van der Waals surface area contributed by atoms with E-state index in [0.29, 0.717) is 23.7 Å². The number of rotatable bonds is 9. The van der Waals surface area contributed by atoms with Gasteiger partial charge in [0.25, 0.3) is 5.69 Å². The molecular formula is C17H24ClN3O4. The highest BCUT2D eigenvalue weighted by Gasteiger charge is 2.22. The minimum atomic E-state index is -0.579. The normalized spacial score (nSPS) is 11.4. The molecule has 25 heavy (non-hydrogen) atoms.